The smallest absolute Gasteiger partial charge is 0.306 e. The SMILES string of the molecule is CC(C)CCCCCCCCCC(=O)O[C@@H](CO)COC(=O)CCC/C=C\C/C=C\C/C=C\C/C=C\CCCCCO. The zero-order valence-electron chi connectivity index (χ0n) is 26.9. The van der Waals surface area contributed by atoms with Crippen molar-refractivity contribution in [3.05, 3.63) is 48.6 Å². The average Bonchev–Trinajstić information content (AvgIpc) is 2.97. The molecule has 0 saturated carbocycles. The first-order valence-corrected chi connectivity index (χ1v) is 16.7. The lowest BCUT2D eigenvalue weighted by molar-refractivity contribution is -0.161. The van der Waals surface area contributed by atoms with Crippen LogP contribution in [0.2, 0.25) is 0 Å². The molecule has 0 saturated heterocycles. The van der Waals surface area contributed by atoms with Crippen LogP contribution in [0, 0.1) is 5.92 Å². The number of rotatable bonds is 29. The van der Waals surface area contributed by atoms with E-state index < -0.39 is 6.10 Å². The summed E-state index contributed by atoms with van der Waals surface area (Å²) in [5.41, 5.74) is 0. The molecule has 0 aliphatic heterocycles. The van der Waals surface area contributed by atoms with E-state index in [-0.39, 0.29) is 25.2 Å². The lowest BCUT2D eigenvalue weighted by atomic mass is 10.0. The predicted molar refractivity (Wildman–Crippen MR) is 174 cm³/mol. The van der Waals surface area contributed by atoms with Gasteiger partial charge in [-0.3, -0.25) is 9.59 Å². The summed E-state index contributed by atoms with van der Waals surface area (Å²) < 4.78 is 10.5. The number of hydrogen-bond acceptors (Lipinski definition) is 6. The van der Waals surface area contributed by atoms with Gasteiger partial charge in [-0.2, -0.15) is 0 Å². The molecule has 0 aromatic heterocycles. The van der Waals surface area contributed by atoms with Crippen molar-refractivity contribution < 1.29 is 29.3 Å². The summed E-state index contributed by atoms with van der Waals surface area (Å²) in [6.45, 7) is 4.36. The van der Waals surface area contributed by atoms with Crippen LogP contribution < -0.4 is 0 Å². The van der Waals surface area contributed by atoms with Gasteiger partial charge in [-0.1, -0.05) is 114 Å². The van der Waals surface area contributed by atoms with E-state index in [9.17, 15) is 14.7 Å². The van der Waals surface area contributed by atoms with Crippen LogP contribution in [0.4, 0.5) is 0 Å². The van der Waals surface area contributed by atoms with Crippen LogP contribution in [0.5, 0.6) is 0 Å². The first-order valence-electron chi connectivity index (χ1n) is 16.7. The van der Waals surface area contributed by atoms with E-state index in [1.165, 1.54) is 32.1 Å². The molecule has 42 heavy (non-hydrogen) atoms. The molecule has 0 heterocycles. The van der Waals surface area contributed by atoms with Gasteiger partial charge in [0, 0.05) is 19.4 Å². The van der Waals surface area contributed by atoms with Crippen LogP contribution in [0.1, 0.15) is 136 Å². The number of carbonyl (C=O) groups is 2. The minimum Gasteiger partial charge on any atom is -0.462 e. The Morgan fingerprint density at radius 1 is 0.595 bits per heavy atom. The van der Waals surface area contributed by atoms with E-state index >= 15 is 0 Å². The Hall–Kier alpha value is -2.18. The highest BCUT2D eigenvalue weighted by molar-refractivity contribution is 5.70. The quantitative estimate of drug-likeness (QED) is 0.0514. The van der Waals surface area contributed by atoms with Crippen molar-refractivity contribution in [2.45, 2.75) is 142 Å². The molecule has 0 aromatic rings. The molecule has 0 aromatic carbocycles. The maximum Gasteiger partial charge on any atom is 0.306 e. The molecule has 0 aliphatic carbocycles. The van der Waals surface area contributed by atoms with Crippen molar-refractivity contribution in [3.8, 4) is 0 Å². The summed E-state index contributed by atoms with van der Waals surface area (Å²) in [7, 11) is 0. The summed E-state index contributed by atoms with van der Waals surface area (Å²) in [6, 6.07) is 0. The zero-order valence-corrected chi connectivity index (χ0v) is 26.9. The second-order valence-electron chi connectivity index (χ2n) is 11.4. The van der Waals surface area contributed by atoms with Crippen LogP contribution in [0.15, 0.2) is 48.6 Å². The third-order valence-electron chi connectivity index (χ3n) is 6.86. The Bertz CT molecular complexity index is 737. The first kappa shape index (κ1) is 39.8. The van der Waals surface area contributed by atoms with Gasteiger partial charge in [0.2, 0.25) is 0 Å². The number of ether oxygens (including phenoxy) is 2. The van der Waals surface area contributed by atoms with E-state index in [4.69, 9.17) is 14.6 Å². The van der Waals surface area contributed by atoms with Crippen molar-refractivity contribution >= 4 is 11.9 Å². The summed E-state index contributed by atoms with van der Waals surface area (Å²) in [5.74, 6) is 0.103. The molecule has 0 amide bonds. The van der Waals surface area contributed by atoms with Crippen molar-refractivity contribution in [3.63, 3.8) is 0 Å². The van der Waals surface area contributed by atoms with Crippen molar-refractivity contribution in [1.29, 1.82) is 0 Å². The normalized spacial score (nSPS) is 12.9. The summed E-state index contributed by atoms with van der Waals surface area (Å²) in [6.07, 6.45) is 34.8. The number of aliphatic hydroxyl groups excluding tert-OH is 2. The monoisotopic (exact) mass is 590 g/mol. The molecule has 0 aliphatic rings. The Balaban J connectivity index is 3.72. The van der Waals surface area contributed by atoms with Crippen LogP contribution in [0.3, 0.4) is 0 Å². The van der Waals surface area contributed by atoms with Gasteiger partial charge in [0.15, 0.2) is 6.10 Å². The summed E-state index contributed by atoms with van der Waals surface area (Å²) >= 11 is 0. The second kappa shape index (κ2) is 31.7. The molecular formula is C36H62O6. The molecule has 1 atom stereocenters. The number of unbranched alkanes of at least 4 members (excludes halogenated alkanes) is 10. The summed E-state index contributed by atoms with van der Waals surface area (Å²) in [5, 5.41) is 18.2. The highest BCUT2D eigenvalue weighted by Gasteiger charge is 2.16. The fraction of sp³-hybridized carbons (Fsp3) is 0.722. The van der Waals surface area contributed by atoms with E-state index in [0.29, 0.717) is 25.9 Å². The highest BCUT2D eigenvalue weighted by Crippen LogP contribution is 2.13. The Labute approximate surface area is 257 Å². The van der Waals surface area contributed by atoms with Crippen LogP contribution >= 0.6 is 0 Å². The topological polar surface area (TPSA) is 93.1 Å². The minimum absolute atomic E-state index is 0.103. The number of allylic oxidation sites excluding steroid dienone is 8. The molecule has 0 unspecified atom stereocenters. The van der Waals surface area contributed by atoms with Crippen LogP contribution in [-0.4, -0.2) is 48.1 Å². The van der Waals surface area contributed by atoms with Gasteiger partial charge in [-0.05, 0) is 63.7 Å². The Morgan fingerprint density at radius 3 is 1.67 bits per heavy atom. The molecule has 242 valence electrons. The van der Waals surface area contributed by atoms with Crippen molar-refractivity contribution in [2.24, 2.45) is 5.92 Å². The van der Waals surface area contributed by atoms with E-state index in [1.807, 2.05) is 0 Å². The van der Waals surface area contributed by atoms with Crippen LogP contribution in [-0.2, 0) is 19.1 Å². The van der Waals surface area contributed by atoms with E-state index in [1.54, 1.807) is 0 Å². The van der Waals surface area contributed by atoms with Gasteiger partial charge < -0.3 is 19.7 Å². The second-order valence-corrected chi connectivity index (χ2v) is 11.4. The minimum atomic E-state index is -0.798. The largest absolute Gasteiger partial charge is 0.462 e. The fourth-order valence-electron chi connectivity index (χ4n) is 4.30. The lowest BCUT2D eigenvalue weighted by Crippen LogP contribution is -2.28. The van der Waals surface area contributed by atoms with Gasteiger partial charge in [0.25, 0.3) is 0 Å². The van der Waals surface area contributed by atoms with Gasteiger partial charge >= 0.3 is 11.9 Å². The van der Waals surface area contributed by atoms with Gasteiger partial charge in [-0.15, -0.1) is 0 Å². The molecule has 6 nitrogen and oxygen atoms in total. The lowest BCUT2D eigenvalue weighted by Gasteiger charge is -2.15. The van der Waals surface area contributed by atoms with Gasteiger partial charge in [0.05, 0.1) is 6.61 Å². The standard InChI is InChI=1S/C36H62O6/c1-33(2)27-23-19-15-14-17-21-25-29-36(40)42-34(31-38)32-41-35(39)28-24-20-16-12-10-8-6-4-3-5-7-9-11-13-18-22-26-30-37/h3,5-6,8-9,11-12,16,33-34,37-38H,4,7,10,13-15,17-32H2,1-2H3/b5-3-,8-6-,11-9-,16-12-/t34-/m0/s1. The number of hydrogen-bond donors (Lipinski definition) is 2. The Morgan fingerprint density at radius 2 is 1.10 bits per heavy atom. The highest BCUT2D eigenvalue weighted by atomic mass is 16.6. The zero-order chi connectivity index (χ0) is 30.9. The molecule has 0 fully saturated rings. The number of esters is 2. The molecule has 0 radical (unpaired) electrons. The fourth-order valence-corrected chi connectivity index (χ4v) is 4.30. The van der Waals surface area contributed by atoms with Gasteiger partial charge in [0.1, 0.15) is 6.61 Å². The molecular weight excluding hydrogens is 528 g/mol. The third-order valence-corrected chi connectivity index (χ3v) is 6.86. The van der Waals surface area contributed by atoms with Crippen molar-refractivity contribution in [1.82, 2.24) is 0 Å². The Kier molecular flexibility index (Phi) is 30.1. The maximum atomic E-state index is 12.1. The molecule has 0 bridgehead atoms. The molecule has 0 rings (SSSR count). The van der Waals surface area contributed by atoms with Crippen molar-refractivity contribution in [2.75, 3.05) is 19.8 Å². The van der Waals surface area contributed by atoms with Crippen LogP contribution in [0.25, 0.3) is 0 Å². The average molecular weight is 591 g/mol. The first-order chi connectivity index (χ1) is 20.5. The third kappa shape index (κ3) is 30.8. The summed E-state index contributed by atoms with van der Waals surface area (Å²) in [4.78, 5) is 24.0. The molecule has 0 spiro atoms. The predicted octanol–water partition coefficient (Wildman–Crippen LogP) is 8.72. The number of aliphatic hydroxyl groups is 2. The van der Waals surface area contributed by atoms with E-state index in [0.717, 1.165) is 76.5 Å². The van der Waals surface area contributed by atoms with Gasteiger partial charge in [-0.25, -0.2) is 0 Å². The maximum absolute atomic E-state index is 12.1. The number of carbonyl (C=O) groups excluding carboxylic acids is 2. The molecule has 6 heteroatoms. The van der Waals surface area contributed by atoms with E-state index in [2.05, 4.69) is 62.5 Å². The molecule has 2 N–H and O–H groups in total.